The van der Waals surface area contributed by atoms with Gasteiger partial charge < -0.3 is 20.3 Å². The Morgan fingerprint density at radius 3 is 2.78 bits per heavy atom. The van der Waals surface area contributed by atoms with E-state index in [1.807, 2.05) is 4.90 Å². The van der Waals surface area contributed by atoms with Crippen molar-refractivity contribution in [2.75, 3.05) is 29.9 Å². The molecule has 168 valence electrons. The number of benzene rings is 1. The lowest BCUT2D eigenvalue weighted by molar-refractivity contribution is -0.0499. The number of ether oxygens (including phenoxy) is 1. The van der Waals surface area contributed by atoms with Gasteiger partial charge in [0.2, 0.25) is 0 Å². The van der Waals surface area contributed by atoms with Crippen LogP contribution in [0.25, 0.3) is 11.0 Å². The number of hydrogen-bond donors (Lipinski definition) is 2. The van der Waals surface area contributed by atoms with E-state index in [0.29, 0.717) is 19.6 Å². The van der Waals surface area contributed by atoms with Gasteiger partial charge in [0.05, 0.1) is 11.2 Å². The van der Waals surface area contributed by atoms with Gasteiger partial charge in [0.1, 0.15) is 22.6 Å². The number of anilines is 3. The van der Waals surface area contributed by atoms with Crippen molar-refractivity contribution in [3.8, 4) is 5.75 Å². The largest absolute Gasteiger partial charge is 0.433 e. The van der Waals surface area contributed by atoms with Crippen LogP contribution in [0.4, 0.5) is 34.9 Å². The van der Waals surface area contributed by atoms with Gasteiger partial charge in [-0.25, -0.2) is 23.7 Å². The highest BCUT2D eigenvalue weighted by Gasteiger charge is 2.46. The second-order valence-corrected chi connectivity index (χ2v) is 8.13. The van der Waals surface area contributed by atoms with Gasteiger partial charge in [-0.15, -0.1) is 0 Å². The smallest absolute Gasteiger partial charge is 0.387 e. The minimum atomic E-state index is -3.14. The molecule has 1 saturated carbocycles. The van der Waals surface area contributed by atoms with Crippen LogP contribution in [0.3, 0.4) is 0 Å². The fourth-order valence-corrected chi connectivity index (χ4v) is 4.04. The van der Waals surface area contributed by atoms with Crippen molar-refractivity contribution in [1.82, 2.24) is 20.3 Å². The fourth-order valence-electron chi connectivity index (χ4n) is 3.83. The van der Waals surface area contributed by atoms with Gasteiger partial charge in [-0.2, -0.15) is 8.78 Å². The molecule has 2 fully saturated rings. The van der Waals surface area contributed by atoms with Crippen molar-refractivity contribution in [2.24, 2.45) is 0 Å². The van der Waals surface area contributed by atoms with Gasteiger partial charge >= 0.3 is 6.61 Å². The molecule has 0 bridgehead atoms. The average molecular weight is 469 g/mol. The van der Waals surface area contributed by atoms with Crippen LogP contribution >= 0.6 is 11.6 Å². The first kappa shape index (κ1) is 21.0. The van der Waals surface area contributed by atoms with E-state index in [2.05, 4.69) is 30.3 Å². The van der Waals surface area contributed by atoms with E-state index in [4.69, 9.17) is 11.6 Å². The monoisotopic (exact) mass is 468 g/mol. The van der Waals surface area contributed by atoms with Crippen LogP contribution in [0.15, 0.2) is 24.5 Å². The second kappa shape index (κ2) is 7.89. The van der Waals surface area contributed by atoms with Crippen LogP contribution in [-0.2, 0) is 0 Å². The average Bonchev–Trinajstić information content (AvgIpc) is 3.51. The summed E-state index contributed by atoms with van der Waals surface area (Å²) in [5.74, 6) is -1.72. The molecule has 3 heterocycles. The van der Waals surface area contributed by atoms with E-state index in [1.165, 1.54) is 18.5 Å². The molecule has 12 heteroatoms. The summed E-state index contributed by atoms with van der Waals surface area (Å²) in [7, 11) is 0. The van der Waals surface area contributed by atoms with Gasteiger partial charge in [-0.3, -0.25) is 0 Å². The minimum absolute atomic E-state index is 0.0114. The number of rotatable bonds is 5. The van der Waals surface area contributed by atoms with E-state index in [0.717, 1.165) is 18.9 Å². The first-order valence-corrected chi connectivity index (χ1v) is 10.2. The normalized spacial score (nSPS) is 17.2. The summed E-state index contributed by atoms with van der Waals surface area (Å²) in [6.07, 6.45) is 3.24. The molecule has 1 aromatic carbocycles. The summed E-state index contributed by atoms with van der Waals surface area (Å²) in [5.41, 5.74) is 0.334. The zero-order valence-electron chi connectivity index (χ0n) is 16.5. The van der Waals surface area contributed by atoms with Crippen molar-refractivity contribution in [2.45, 2.75) is 25.0 Å². The Morgan fingerprint density at radius 2 is 2.03 bits per heavy atom. The summed E-state index contributed by atoms with van der Waals surface area (Å²) in [6.45, 7) is -1.21. The lowest BCUT2D eigenvalue weighted by Crippen LogP contribution is -2.53. The molecule has 5 rings (SSSR count). The predicted molar refractivity (Wildman–Crippen MR) is 111 cm³/mol. The van der Waals surface area contributed by atoms with Crippen molar-refractivity contribution in [3.05, 3.63) is 41.2 Å². The number of piperazine rings is 1. The molecule has 1 spiro atoms. The van der Waals surface area contributed by atoms with Crippen LogP contribution in [0, 0.1) is 11.6 Å². The Balaban J connectivity index is 1.50. The van der Waals surface area contributed by atoms with Gasteiger partial charge in [0, 0.05) is 31.2 Å². The Labute approximate surface area is 184 Å². The van der Waals surface area contributed by atoms with Crippen molar-refractivity contribution in [3.63, 3.8) is 0 Å². The lowest BCUT2D eigenvalue weighted by Gasteiger charge is -2.35. The third-order valence-electron chi connectivity index (χ3n) is 5.59. The van der Waals surface area contributed by atoms with Crippen LogP contribution in [0.2, 0.25) is 5.02 Å². The molecule has 1 aliphatic heterocycles. The molecular weight excluding hydrogens is 452 g/mol. The Bertz CT molecular complexity index is 1190. The second-order valence-electron chi connectivity index (χ2n) is 7.76. The topological polar surface area (TPSA) is 75.2 Å². The molecule has 0 amide bonds. The maximum absolute atomic E-state index is 14.8. The quantitative estimate of drug-likeness (QED) is 0.542. The molecule has 3 aromatic rings. The fraction of sp³-hybridized carbons (Fsp3) is 0.350. The van der Waals surface area contributed by atoms with Gasteiger partial charge in [0.25, 0.3) is 0 Å². The number of pyridine rings is 1. The first-order chi connectivity index (χ1) is 15.3. The molecule has 0 unspecified atom stereocenters. The Hall–Kier alpha value is -2.92. The highest BCUT2D eigenvalue weighted by molar-refractivity contribution is 6.32. The number of aromatic nitrogens is 3. The molecule has 0 radical (unpaired) electrons. The summed E-state index contributed by atoms with van der Waals surface area (Å²) in [6, 6.07) is 3.55. The maximum atomic E-state index is 14.8. The molecule has 2 aliphatic rings. The number of nitrogens with zero attached hydrogens (tertiary/aromatic N) is 4. The SMILES string of the molecule is Fc1cc2ncnc(Nc3ccc(OC(F)F)c(Cl)c3F)c2nc1N1CCNC2(CC2)C1. The summed E-state index contributed by atoms with van der Waals surface area (Å²) < 4.78 is 58.6. The number of alkyl halides is 2. The Morgan fingerprint density at radius 1 is 1.22 bits per heavy atom. The van der Waals surface area contributed by atoms with Crippen molar-refractivity contribution < 1.29 is 22.3 Å². The van der Waals surface area contributed by atoms with Crippen LogP contribution in [0.1, 0.15) is 12.8 Å². The van der Waals surface area contributed by atoms with E-state index < -0.39 is 29.0 Å². The molecule has 2 aromatic heterocycles. The van der Waals surface area contributed by atoms with Crippen LogP contribution in [-0.4, -0.2) is 46.7 Å². The highest BCUT2D eigenvalue weighted by atomic mass is 35.5. The standard InChI is InChI=1S/C20H17ClF4N6O/c21-14-13(32-19(24)25)2-1-11(15(14)23)29-17-16-12(26-9-27-17)7-10(22)18(30-16)31-6-5-28-20(8-31)3-4-20/h1-2,7,9,19,28H,3-6,8H2,(H,26,27,29). The molecule has 2 N–H and O–H groups in total. The lowest BCUT2D eigenvalue weighted by atomic mass is 10.2. The zero-order chi connectivity index (χ0) is 22.5. The van der Waals surface area contributed by atoms with Crippen LogP contribution in [0.5, 0.6) is 5.75 Å². The van der Waals surface area contributed by atoms with Gasteiger partial charge in [0.15, 0.2) is 23.3 Å². The summed E-state index contributed by atoms with van der Waals surface area (Å²) in [5, 5.41) is 5.60. The van der Waals surface area contributed by atoms with E-state index in [-0.39, 0.29) is 33.9 Å². The third-order valence-corrected chi connectivity index (χ3v) is 5.94. The summed E-state index contributed by atoms with van der Waals surface area (Å²) >= 11 is 5.82. The van der Waals surface area contributed by atoms with Crippen molar-refractivity contribution in [1.29, 1.82) is 0 Å². The highest BCUT2D eigenvalue weighted by Crippen LogP contribution is 2.39. The van der Waals surface area contributed by atoms with E-state index in [1.54, 1.807) is 0 Å². The molecule has 0 atom stereocenters. The van der Waals surface area contributed by atoms with Crippen molar-refractivity contribution >= 4 is 40.0 Å². The first-order valence-electron chi connectivity index (χ1n) is 9.86. The molecule has 1 aliphatic carbocycles. The number of halogens is 5. The molecule has 1 saturated heterocycles. The Kier molecular flexibility index (Phi) is 5.17. The molecule has 7 nitrogen and oxygen atoms in total. The predicted octanol–water partition coefficient (Wildman–Crippen LogP) is 4.24. The maximum Gasteiger partial charge on any atom is 0.387 e. The van der Waals surface area contributed by atoms with E-state index >= 15 is 0 Å². The number of nitrogens with one attached hydrogen (secondary N) is 2. The van der Waals surface area contributed by atoms with E-state index in [9.17, 15) is 17.6 Å². The van der Waals surface area contributed by atoms with Gasteiger partial charge in [-0.1, -0.05) is 11.6 Å². The van der Waals surface area contributed by atoms with Gasteiger partial charge in [-0.05, 0) is 25.0 Å². The number of hydrogen-bond acceptors (Lipinski definition) is 7. The third kappa shape index (κ3) is 3.86. The summed E-state index contributed by atoms with van der Waals surface area (Å²) in [4.78, 5) is 14.5. The zero-order valence-corrected chi connectivity index (χ0v) is 17.3. The molecule has 32 heavy (non-hydrogen) atoms. The van der Waals surface area contributed by atoms with Crippen LogP contribution < -0.4 is 20.3 Å². The molecular formula is C20H17ClF4N6O. The number of fused-ring (bicyclic) bond motifs is 1. The minimum Gasteiger partial charge on any atom is -0.433 e.